The Hall–Kier alpha value is -2.88. The van der Waals surface area contributed by atoms with Gasteiger partial charge in [0.25, 0.3) is 0 Å². The van der Waals surface area contributed by atoms with Crippen molar-refractivity contribution in [1.82, 2.24) is 35.0 Å². The Morgan fingerprint density at radius 1 is 1.24 bits per heavy atom. The maximum Gasteiger partial charge on any atom is 0.188 e. The van der Waals surface area contributed by atoms with Gasteiger partial charge in [0, 0.05) is 12.5 Å². The lowest BCUT2D eigenvalue weighted by Crippen LogP contribution is -2.13. The van der Waals surface area contributed by atoms with Gasteiger partial charge in [-0.15, -0.1) is 5.10 Å². The number of rotatable bonds is 8. The van der Waals surface area contributed by atoms with Gasteiger partial charge in [-0.3, -0.25) is 0 Å². The topological polar surface area (TPSA) is 104 Å². The summed E-state index contributed by atoms with van der Waals surface area (Å²) < 4.78 is 22.0. The number of hydrogen-bond acceptors (Lipinski definition) is 7. The van der Waals surface area contributed by atoms with Crippen LogP contribution in [0.2, 0.25) is 0 Å². The van der Waals surface area contributed by atoms with E-state index in [9.17, 15) is 9.50 Å². The average Bonchev–Trinajstić information content (AvgIpc) is 3.17. The minimum Gasteiger partial charge on any atom is -0.485 e. The van der Waals surface area contributed by atoms with E-state index in [1.807, 2.05) is 6.92 Å². The minimum atomic E-state index is -0.367. The molecule has 0 bridgehead atoms. The van der Waals surface area contributed by atoms with Crippen molar-refractivity contribution in [3.05, 3.63) is 47.6 Å². The zero-order valence-electron chi connectivity index (χ0n) is 13.7. The summed E-state index contributed by atoms with van der Waals surface area (Å²) in [6.07, 6.45) is 0.554. The molecule has 0 fully saturated rings. The van der Waals surface area contributed by atoms with Gasteiger partial charge < -0.3 is 9.84 Å². The van der Waals surface area contributed by atoms with Crippen molar-refractivity contribution in [2.45, 2.75) is 33.0 Å². The molecule has 0 aliphatic carbocycles. The highest BCUT2D eigenvalue weighted by Gasteiger charge is 2.12. The molecule has 0 spiro atoms. The van der Waals surface area contributed by atoms with Crippen molar-refractivity contribution >= 4 is 0 Å². The van der Waals surface area contributed by atoms with E-state index in [4.69, 9.17) is 4.74 Å². The van der Waals surface area contributed by atoms with Gasteiger partial charge in [0.05, 0.1) is 19.7 Å². The molecular formula is C15H18FN7O2. The van der Waals surface area contributed by atoms with Gasteiger partial charge in [-0.2, -0.15) is 5.10 Å². The standard InChI is InChI=1S/C15H18FN7O2/c1-11-18-20-21-22(11)6-5-15-17-14(19-23(15)7-8-24)10-25-13-4-2-3-12(16)9-13/h2-4,9,24H,5-8,10H2,1H3. The summed E-state index contributed by atoms with van der Waals surface area (Å²) >= 11 is 0. The molecule has 1 aromatic carbocycles. The molecular weight excluding hydrogens is 329 g/mol. The van der Waals surface area contributed by atoms with Crippen LogP contribution in [0.15, 0.2) is 24.3 Å². The Labute approximate surface area is 143 Å². The van der Waals surface area contributed by atoms with E-state index in [1.165, 1.54) is 12.1 Å². The Balaban J connectivity index is 1.67. The van der Waals surface area contributed by atoms with Crippen molar-refractivity contribution in [3.8, 4) is 5.75 Å². The highest BCUT2D eigenvalue weighted by atomic mass is 19.1. The van der Waals surface area contributed by atoms with Crippen molar-refractivity contribution in [2.75, 3.05) is 6.61 Å². The first-order chi connectivity index (χ1) is 12.2. The summed E-state index contributed by atoms with van der Waals surface area (Å²) in [4.78, 5) is 4.44. The molecule has 10 heteroatoms. The van der Waals surface area contributed by atoms with Gasteiger partial charge in [-0.1, -0.05) is 6.07 Å². The molecule has 2 aromatic heterocycles. The van der Waals surface area contributed by atoms with Crippen LogP contribution in [0.4, 0.5) is 4.39 Å². The van der Waals surface area contributed by atoms with Gasteiger partial charge in [0.1, 0.15) is 29.8 Å². The van der Waals surface area contributed by atoms with Gasteiger partial charge >= 0.3 is 0 Å². The fourth-order valence-corrected chi connectivity index (χ4v) is 2.31. The van der Waals surface area contributed by atoms with E-state index in [1.54, 1.807) is 21.5 Å². The molecule has 0 aliphatic rings. The third kappa shape index (κ3) is 4.35. The second-order valence-corrected chi connectivity index (χ2v) is 5.34. The van der Waals surface area contributed by atoms with Gasteiger partial charge in [-0.25, -0.2) is 18.7 Å². The molecule has 2 heterocycles. The number of aromatic nitrogens is 7. The van der Waals surface area contributed by atoms with E-state index < -0.39 is 0 Å². The van der Waals surface area contributed by atoms with Crippen LogP contribution in [-0.4, -0.2) is 46.7 Å². The molecule has 0 saturated heterocycles. The summed E-state index contributed by atoms with van der Waals surface area (Å²) in [5.74, 6) is 1.91. The average molecular weight is 347 g/mol. The molecule has 25 heavy (non-hydrogen) atoms. The van der Waals surface area contributed by atoms with Crippen LogP contribution >= 0.6 is 0 Å². The lowest BCUT2D eigenvalue weighted by atomic mass is 10.3. The van der Waals surface area contributed by atoms with Crippen LogP contribution in [-0.2, 0) is 26.1 Å². The number of nitrogens with zero attached hydrogens (tertiary/aromatic N) is 7. The predicted octanol–water partition coefficient (Wildman–Crippen LogP) is 0.526. The molecule has 9 nitrogen and oxygen atoms in total. The number of tetrazole rings is 1. The quantitative estimate of drug-likeness (QED) is 0.634. The summed E-state index contributed by atoms with van der Waals surface area (Å²) in [6, 6.07) is 5.88. The highest BCUT2D eigenvalue weighted by molar-refractivity contribution is 5.22. The molecule has 0 saturated carbocycles. The third-order valence-corrected chi connectivity index (χ3v) is 3.53. The number of aryl methyl sites for hydroxylation is 3. The normalized spacial score (nSPS) is 11.0. The molecule has 3 rings (SSSR count). The molecule has 3 aromatic rings. The Bertz CT molecular complexity index is 833. The first kappa shape index (κ1) is 17.0. The first-order valence-corrected chi connectivity index (χ1v) is 7.80. The molecule has 0 aliphatic heterocycles. The monoisotopic (exact) mass is 347 g/mol. The summed E-state index contributed by atoms with van der Waals surface area (Å²) in [5.41, 5.74) is 0. The van der Waals surface area contributed by atoms with E-state index in [-0.39, 0.29) is 19.0 Å². The van der Waals surface area contributed by atoms with Crippen molar-refractivity contribution in [2.24, 2.45) is 0 Å². The molecule has 0 radical (unpaired) electrons. The fraction of sp³-hybridized carbons (Fsp3) is 0.400. The van der Waals surface area contributed by atoms with Gasteiger partial charge in [-0.05, 0) is 29.5 Å². The Morgan fingerprint density at radius 2 is 2.12 bits per heavy atom. The summed E-state index contributed by atoms with van der Waals surface area (Å²) in [7, 11) is 0. The molecule has 132 valence electrons. The molecule has 0 unspecified atom stereocenters. The molecule has 1 N–H and O–H groups in total. The number of aliphatic hydroxyl groups excluding tert-OH is 1. The van der Waals surface area contributed by atoms with Crippen LogP contribution in [0, 0.1) is 12.7 Å². The lowest BCUT2D eigenvalue weighted by molar-refractivity contribution is 0.263. The van der Waals surface area contributed by atoms with Crippen LogP contribution in [0.25, 0.3) is 0 Å². The van der Waals surface area contributed by atoms with Crippen LogP contribution < -0.4 is 4.74 Å². The number of ether oxygens (including phenoxy) is 1. The van der Waals surface area contributed by atoms with E-state index >= 15 is 0 Å². The first-order valence-electron chi connectivity index (χ1n) is 7.80. The van der Waals surface area contributed by atoms with E-state index in [0.717, 1.165) is 0 Å². The smallest absolute Gasteiger partial charge is 0.188 e. The van der Waals surface area contributed by atoms with Crippen molar-refractivity contribution < 1.29 is 14.2 Å². The molecule has 0 atom stereocenters. The molecule has 0 amide bonds. The van der Waals surface area contributed by atoms with Crippen LogP contribution in [0.1, 0.15) is 17.5 Å². The minimum absolute atomic E-state index is 0.0511. The maximum atomic E-state index is 13.2. The highest BCUT2D eigenvalue weighted by Crippen LogP contribution is 2.13. The fourth-order valence-electron chi connectivity index (χ4n) is 2.31. The number of aliphatic hydroxyl groups is 1. The van der Waals surface area contributed by atoms with Crippen LogP contribution in [0.5, 0.6) is 5.75 Å². The SMILES string of the molecule is Cc1nnnn1CCc1nc(COc2cccc(F)c2)nn1CCO. The number of halogens is 1. The maximum absolute atomic E-state index is 13.2. The Kier molecular flexibility index (Phi) is 5.29. The Morgan fingerprint density at radius 3 is 2.84 bits per heavy atom. The van der Waals surface area contributed by atoms with Crippen molar-refractivity contribution in [1.29, 1.82) is 0 Å². The van der Waals surface area contributed by atoms with Crippen molar-refractivity contribution in [3.63, 3.8) is 0 Å². The van der Waals surface area contributed by atoms with Crippen LogP contribution in [0.3, 0.4) is 0 Å². The van der Waals surface area contributed by atoms with Gasteiger partial charge in [0.2, 0.25) is 0 Å². The predicted molar refractivity (Wildman–Crippen MR) is 84.1 cm³/mol. The zero-order valence-corrected chi connectivity index (χ0v) is 13.7. The largest absolute Gasteiger partial charge is 0.485 e. The van der Waals surface area contributed by atoms with E-state index in [2.05, 4.69) is 25.6 Å². The number of hydrogen-bond donors (Lipinski definition) is 1. The second-order valence-electron chi connectivity index (χ2n) is 5.34. The lowest BCUT2D eigenvalue weighted by Gasteiger charge is -2.04. The summed E-state index contributed by atoms with van der Waals surface area (Å²) in [6.45, 7) is 2.75. The second kappa shape index (κ2) is 7.79. The van der Waals surface area contributed by atoms with Gasteiger partial charge in [0.15, 0.2) is 5.82 Å². The summed E-state index contributed by atoms with van der Waals surface area (Å²) in [5, 5.41) is 24.8. The number of benzene rings is 1. The zero-order chi connectivity index (χ0) is 17.6. The van der Waals surface area contributed by atoms with E-state index in [0.29, 0.717) is 42.7 Å². The third-order valence-electron chi connectivity index (χ3n) is 3.53.